The maximum Gasteiger partial charge on any atom is 0.329 e. The summed E-state index contributed by atoms with van der Waals surface area (Å²) in [6.45, 7) is 0.137. The lowest BCUT2D eigenvalue weighted by atomic mass is 10.0. The monoisotopic (exact) mass is 395 g/mol. The van der Waals surface area contributed by atoms with E-state index in [4.69, 9.17) is 4.74 Å². The first kappa shape index (κ1) is 18.8. The van der Waals surface area contributed by atoms with Gasteiger partial charge in [0, 0.05) is 19.5 Å². The van der Waals surface area contributed by atoms with Crippen LogP contribution in [0.15, 0.2) is 47.3 Å². The van der Waals surface area contributed by atoms with Gasteiger partial charge in [-0.3, -0.25) is 23.6 Å². The van der Waals surface area contributed by atoms with E-state index in [2.05, 4.69) is 0 Å². The van der Waals surface area contributed by atoms with Gasteiger partial charge in [0.1, 0.15) is 17.5 Å². The summed E-state index contributed by atoms with van der Waals surface area (Å²) in [5.41, 5.74) is 1.51. The van der Waals surface area contributed by atoms with Gasteiger partial charge in [0.15, 0.2) is 0 Å². The van der Waals surface area contributed by atoms with Crippen molar-refractivity contribution in [2.45, 2.75) is 25.4 Å². The number of rotatable bonds is 4. The molecular weight excluding hydrogens is 374 g/mol. The minimum atomic E-state index is -0.772. The number of amides is 2. The van der Waals surface area contributed by atoms with Gasteiger partial charge in [-0.1, -0.05) is 12.1 Å². The van der Waals surface area contributed by atoms with E-state index in [9.17, 15) is 19.5 Å². The predicted octanol–water partition coefficient (Wildman–Crippen LogP) is 1.94. The average molecular weight is 395 g/mol. The van der Waals surface area contributed by atoms with Gasteiger partial charge in [0.05, 0.1) is 24.7 Å². The second-order valence-electron chi connectivity index (χ2n) is 7.11. The third kappa shape index (κ3) is 3.16. The zero-order valence-electron chi connectivity index (χ0n) is 16.2. The van der Waals surface area contributed by atoms with E-state index in [0.29, 0.717) is 16.8 Å². The zero-order chi connectivity index (χ0) is 20.7. The van der Waals surface area contributed by atoms with Crippen LogP contribution in [-0.4, -0.2) is 38.1 Å². The molecule has 8 heteroatoms. The number of benzene rings is 2. The Morgan fingerprint density at radius 3 is 2.48 bits per heavy atom. The SMILES string of the molecule is COc1ccc(CN2C(=O)CCC(n3c(=O)n(C)c4cc(O)ccc43)C2=O)cc1. The molecule has 0 saturated carbocycles. The predicted molar refractivity (Wildman–Crippen MR) is 106 cm³/mol. The van der Waals surface area contributed by atoms with Gasteiger partial charge in [-0.25, -0.2) is 4.79 Å². The highest BCUT2D eigenvalue weighted by atomic mass is 16.5. The van der Waals surface area contributed by atoms with Crippen LogP contribution in [0.4, 0.5) is 0 Å². The average Bonchev–Trinajstić information content (AvgIpc) is 2.96. The van der Waals surface area contributed by atoms with Crippen molar-refractivity contribution >= 4 is 22.8 Å². The summed E-state index contributed by atoms with van der Waals surface area (Å²) < 4.78 is 7.95. The van der Waals surface area contributed by atoms with E-state index in [-0.39, 0.29) is 36.7 Å². The number of carbonyl (C=O) groups excluding carboxylic acids is 2. The molecule has 0 aliphatic carbocycles. The molecule has 3 aromatic rings. The summed E-state index contributed by atoms with van der Waals surface area (Å²) in [7, 11) is 3.16. The molecule has 0 spiro atoms. The van der Waals surface area contributed by atoms with Crippen LogP contribution in [0.3, 0.4) is 0 Å². The van der Waals surface area contributed by atoms with Crippen molar-refractivity contribution < 1.29 is 19.4 Å². The second-order valence-corrected chi connectivity index (χ2v) is 7.11. The largest absolute Gasteiger partial charge is 0.508 e. The fraction of sp³-hybridized carbons (Fsp3) is 0.286. The van der Waals surface area contributed by atoms with Gasteiger partial charge >= 0.3 is 5.69 Å². The number of imide groups is 1. The molecule has 29 heavy (non-hydrogen) atoms. The van der Waals surface area contributed by atoms with E-state index in [1.165, 1.54) is 26.2 Å². The van der Waals surface area contributed by atoms with Crippen LogP contribution in [0.25, 0.3) is 11.0 Å². The van der Waals surface area contributed by atoms with E-state index in [1.807, 2.05) is 0 Å². The molecule has 1 unspecified atom stereocenters. The molecule has 1 N–H and O–H groups in total. The molecule has 1 aliphatic heterocycles. The number of carbonyl (C=O) groups is 2. The molecule has 4 rings (SSSR count). The van der Waals surface area contributed by atoms with Crippen molar-refractivity contribution in [2.24, 2.45) is 7.05 Å². The molecule has 1 saturated heterocycles. The summed E-state index contributed by atoms with van der Waals surface area (Å²) in [5.74, 6) is 0.0674. The van der Waals surface area contributed by atoms with Crippen LogP contribution >= 0.6 is 0 Å². The van der Waals surface area contributed by atoms with Crippen molar-refractivity contribution in [3.8, 4) is 11.5 Å². The van der Waals surface area contributed by atoms with Crippen LogP contribution in [0, 0.1) is 0 Å². The number of hydrogen-bond acceptors (Lipinski definition) is 5. The summed E-state index contributed by atoms with van der Waals surface area (Å²) >= 11 is 0. The molecule has 1 aliphatic rings. The van der Waals surface area contributed by atoms with Crippen LogP contribution in [0.2, 0.25) is 0 Å². The maximum atomic E-state index is 13.2. The van der Waals surface area contributed by atoms with Crippen molar-refractivity contribution in [3.63, 3.8) is 0 Å². The van der Waals surface area contributed by atoms with E-state index in [1.54, 1.807) is 44.5 Å². The van der Waals surface area contributed by atoms with Gasteiger partial charge in [0.2, 0.25) is 5.91 Å². The highest BCUT2D eigenvalue weighted by Gasteiger charge is 2.37. The van der Waals surface area contributed by atoms with Gasteiger partial charge < -0.3 is 9.84 Å². The van der Waals surface area contributed by atoms with Crippen molar-refractivity contribution in [3.05, 3.63) is 58.5 Å². The number of aryl methyl sites for hydroxylation is 1. The number of phenolic OH excluding ortho intramolecular Hbond substituents is 1. The molecule has 1 aromatic heterocycles. The number of ether oxygens (including phenoxy) is 1. The van der Waals surface area contributed by atoms with Gasteiger partial charge in [-0.15, -0.1) is 0 Å². The van der Waals surface area contributed by atoms with Crippen molar-refractivity contribution in [2.75, 3.05) is 7.11 Å². The van der Waals surface area contributed by atoms with Gasteiger partial charge in [0.25, 0.3) is 5.91 Å². The summed E-state index contributed by atoms with van der Waals surface area (Å²) in [5, 5.41) is 9.74. The first-order chi connectivity index (χ1) is 13.9. The quantitative estimate of drug-likeness (QED) is 0.682. The second kappa shape index (κ2) is 7.12. The lowest BCUT2D eigenvalue weighted by Crippen LogP contribution is -2.47. The fourth-order valence-electron chi connectivity index (χ4n) is 3.79. The fourth-order valence-corrected chi connectivity index (χ4v) is 3.79. The molecule has 1 atom stereocenters. The molecular formula is C21H21N3O5. The van der Waals surface area contributed by atoms with Gasteiger partial charge in [-0.05, 0) is 36.2 Å². The molecule has 8 nitrogen and oxygen atoms in total. The molecule has 2 aromatic carbocycles. The topological polar surface area (TPSA) is 93.8 Å². The number of piperidine rings is 1. The minimum absolute atomic E-state index is 0.0385. The Hall–Kier alpha value is -3.55. The third-order valence-corrected chi connectivity index (χ3v) is 5.37. The lowest BCUT2D eigenvalue weighted by molar-refractivity contribution is -0.151. The Labute approximate surface area is 166 Å². The summed E-state index contributed by atoms with van der Waals surface area (Å²) in [6, 6.07) is 11.0. The Morgan fingerprint density at radius 1 is 1.07 bits per heavy atom. The van der Waals surface area contributed by atoms with Crippen LogP contribution < -0.4 is 10.4 Å². The van der Waals surface area contributed by atoms with Crippen LogP contribution in [-0.2, 0) is 23.2 Å². The van der Waals surface area contributed by atoms with Crippen LogP contribution in [0.5, 0.6) is 11.5 Å². The Kier molecular flexibility index (Phi) is 4.62. The molecule has 1 fully saturated rings. The highest BCUT2D eigenvalue weighted by Crippen LogP contribution is 2.29. The first-order valence-electron chi connectivity index (χ1n) is 9.28. The highest BCUT2D eigenvalue weighted by molar-refractivity contribution is 6.00. The first-order valence-corrected chi connectivity index (χ1v) is 9.28. The van der Waals surface area contributed by atoms with Crippen LogP contribution in [0.1, 0.15) is 24.4 Å². The van der Waals surface area contributed by atoms with E-state index in [0.717, 1.165) is 5.56 Å². The van der Waals surface area contributed by atoms with E-state index >= 15 is 0 Å². The number of fused-ring (bicyclic) bond motifs is 1. The minimum Gasteiger partial charge on any atom is -0.508 e. The third-order valence-electron chi connectivity index (χ3n) is 5.37. The molecule has 2 heterocycles. The normalized spacial score (nSPS) is 17.2. The lowest BCUT2D eigenvalue weighted by Gasteiger charge is -2.31. The maximum absolute atomic E-state index is 13.2. The number of likely N-dealkylation sites (tertiary alicyclic amines) is 1. The summed E-state index contributed by atoms with van der Waals surface area (Å²) in [4.78, 5) is 39.7. The number of imidazole rings is 1. The Bertz CT molecular complexity index is 1160. The molecule has 0 radical (unpaired) electrons. The Morgan fingerprint density at radius 2 is 1.79 bits per heavy atom. The number of hydrogen-bond donors (Lipinski definition) is 1. The molecule has 150 valence electrons. The van der Waals surface area contributed by atoms with Crippen molar-refractivity contribution in [1.29, 1.82) is 0 Å². The van der Waals surface area contributed by atoms with Crippen molar-refractivity contribution in [1.82, 2.24) is 14.0 Å². The number of methoxy groups -OCH3 is 1. The number of aromatic nitrogens is 2. The zero-order valence-corrected chi connectivity index (χ0v) is 16.2. The van der Waals surface area contributed by atoms with Gasteiger partial charge in [-0.2, -0.15) is 0 Å². The summed E-state index contributed by atoms with van der Waals surface area (Å²) in [6.07, 6.45) is 0.435. The molecule has 2 amide bonds. The number of aromatic hydroxyl groups is 1. The Balaban J connectivity index is 1.70. The number of phenols is 1. The van der Waals surface area contributed by atoms with E-state index < -0.39 is 11.9 Å². The standard InChI is InChI=1S/C21H21N3O5/c1-22-18-11-14(25)5-8-16(18)24(21(22)28)17-9-10-19(26)23(20(17)27)12-13-3-6-15(29-2)7-4-13/h3-8,11,17,25H,9-10,12H2,1-2H3. The smallest absolute Gasteiger partial charge is 0.329 e. The number of nitrogens with zero attached hydrogens (tertiary/aromatic N) is 3. The molecule has 0 bridgehead atoms.